The summed E-state index contributed by atoms with van der Waals surface area (Å²) in [6.07, 6.45) is -1.48. The lowest BCUT2D eigenvalue weighted by molar-refractivity contribution is -0.154. The van der Waals surface area contributed by atoms with Crippen LogP contribution in [0.3, 0.4) is 0 Å². The molecule has 2 aromatic rings. The monoisotopic (exact) mass is 352 g/mol. The number of nitrogens with one attached hydrogen (secondary N) is 1. The molecule has 2 saturated heterocycles. The van der Waals surface area contributed by atoms with Crippen molar-refractivity contribution >= 4 is 12.0 Å². The summed E-state index contributed by atoms with van der Waals surface area (Å²) in [5, 5.41) is 2.87. The standard InChI is InChI=1S/C20H20N2O4/c1-13-17(18(23)21-19(26-13)15-10-6-3-7-11-15)22-16(12-25-20(22)24)14-8-4-2-5-9-14/h2-11,13,16-17,19H,12H2,1H3,(H,21,23)/t13-,16-,17-,19-/m1/s1. The van der Waals surface area contributed by atoms with E-state index < -0.39 is 24.5 Å². The SMILES string of the molecule is C[C@H]1O[C@H](c2ccccc2)NC(=O)[C@@H]1N1C(=O)OC[C@@H]1c1ccccc1. The number of hydrogen-bond acceptors (Lipinski definition) is 4. The lowest BCUT2D eigenvalue weighted by Gasteiger charge is -2.40. The highest BCUT2D eigenvalue weighted by Gasteiger charge is 2.48. The minimum atomic E-state index is -0.741. The van der Waals surface area contributed by atoms with Crippen LogP contribution >= 0.6 is 0 Å². The third-order valence-electron chi connectivity index (χ3n) is 4.83. The second-order valence-electron chi connectivity index (χ2n) is 6.50. The largest absolute Gasteiger partial charge is 0.447 e. The van der Waals surface area contributed by atoms with Gasteiger partial charge in [-0.25, -0.2) is 4.79 Å². The molecule has 2 aliphatic rings. The molecule has 2 aromatic carbocycles. The summed E-state index contributed by atoms with van der Waals surface area (Å²) < 4.78 is 11.3. The molecule has 0 spiro atoms. The summed E-state index contributed by atoms with van der Waals surface area (Å²) in [4.78, 5) is 26.7. The molecule has 0 saturated carbocycles. The Morgan fingerprint density at radius 2 is 1.58 bits per heavy atom. The third kappa shape index (κ3) is 2.93. The van der Waals surface area contributed by atoms with E-state index in [0.29, 0.717) is 0 Å². The Bertz CT molecular complexity index is 796. The van der Waals surface area contributed by atoms with Crippen molar-refractivity contribution in [1.82, 2.24) is 10.2 Å². The maximum absolute atomic E-state index is 12.9. The van der Waals surface area contributed by atoms with Crippen molar-refractivity contribution in [1.29, 1.82) is 0 Å². The molecule has 134 valence electrons. The van der Waals surface area contributed by atoms with Gasteiger partial charge in [-0.2, -0.15) is 0 Å². The number of nitrogens with zero attached hydrogens (tertiary/aromatic N) is 1. The second-order valence-corrected chi connectivity index (χ2v) is 6.50. The zero-order valence-electron chi connectivity index (χ0n) is 14.4. The first-order chi connectivity index (χ1) is 12.6. The van der Waals surface area contributed by atoms with Crippen molar-refractivity contribution in [2.45, 2.75) is 31.3 Å². The minimum absolute atomic E-state index is 0.224. The molecule has 6 heteroatoms. The van der Waals surface area contributed by atoms with Gasteiger partial charge in [0.2, 0.25) is 5.91 Å². The molecule has 0 bridgehead atoms. The topological polar surface area (TPSA) is 67.9 Å². The summed E-state index contributed by atoms with van der Waals surface area (Å²) in [5.41, 5.74) is 1.80. The average Bonchev–Trinajstić information content (AvgIpc) is 3.04. The molecule has 0 radical (unpaired) electrons. The van der Waals surface area contributed by atoms with Crippen LogP contribution in [0.2, 0.25) is 0 Å². The van der Waals surface area contributed by atoms with Crippen molar-refractivity contribution in [2.24, 2.45) is 0 Å². The molecule has 0 unspecified atom stereocenters. The Morgan fingerprint density at radius 3 is 2.19 bits per heavy atom. The molecule has 26 heavy (non-hydrogen) atoms. The van der Waals surface area contributed by atoms with Crippen molar-refractivity contribution in [3.8, 4) is 0 Å². The fourth-order valence-electron chi connectivity index (χ4n) is 3.56. The fourth-order valence-corrected chi connectivity index (χ4v) is 3.56. The van der Waals surface area contributed by atoms with Crippen molar-refractivity contribution < 1.29 is 19.1 Å². The van der Waals surface area contributed by atoms with Gasteiger partial charge < -0.3 is 14.8 Å². The Labute approximate surface area is 151 Å². The Kier molecular flexibility index (Phi) is 4.34. The zero-order valence-corrected chi connectivity index (χ0v) is 14.4. The Balaban J connectivity index is 1.59. The van der Waals surface area contributed by atoms with Crippen LogP contribution in [0.5, 0.6) is 0 Å². The van der Waals surface area contributed by atoms with Gasteiger partial charge in [0.05, 0.1) is 12.1 Å². The molecule has 6 nitrogen and oxygen atoms in total. The highest BCUT2D eigenvalue weighted by Crippen LogP contribution is 2.34. The smallest absolute Gasteiger partial charge is 0.411 e. The van der Waals surface area contributed by atoms with Crippen LogP contribution < -0.4 is 5.32 Å². The predicted octanol–water partition coefficient (Wildman–Crippen LogP) is 2.78. The van der Waals surface area contributed by atoms with E-state index in [-0.39, 0.29) is 18.6 Å². The lowest BCUT2D eigenvalue weighted by atomic mass is 10.0. The van der Waals surface area contributed by atoms with Gasteiger partial charge in [-0.3, -0.25) is 9.69 Å². The first-order valence-electron chi connectivity index (χ1n) is 8.66. The summed E-state index contributed by atoms with van der Waals surface area (Å²) in [6.45, 7) is 2.04. The number of cyclic esters (lactones) is 1. The normalized spacial score (nSPS) is 28.6. The molecule has 0 aliphatic carbocycles. The van der Waals surface area contributed by atoms with Crippen LogP contribution in [-0.2, 0) is 14.3 Å². The van der Waals surface area contributed by atoms with Crippen LogP contribution in [0.25, 0.3) is 0 Å². The summed E-state index contributed by atoms with van der Waals surface area (Å²) >= 11 is 0. The van der Waals surface area contributed by atoms with E-state index >= 15 is 0 Å². The van der Waals surface area contributed by atoms with Crippen molar-refractivity contribution in [3.63, 3.8) is 0 Å². The lowest BCUT2D eigenvalue weighted by Crippen LogP contribution is -2.59. The highest BCUT2D eigenvalue weighted by atomic mass is 16.6. The summed E-state index contributed by atoms with van der Waals surface area (Å²) in [6, 6.07) is 18.0. The molecule has 2 amide bonds. The number of amides is 2. The van der Waals surface area contributed by atoms with Crippen LogP contribution in [-0.4, -0.2) is 35.7 Å². The van der Waals surface area contributed by atoms with Gasteiger partial charge in [-0.15, -0.1) is 0 Å². The summed E-state index contributed by atoms with van der Waals surface area (Å²) in [7, 11) is 0. The molecule has 2 aliphatic heterocycles. The minimum Gasteiger partial charge on any atom is -0.447 e. The maximum atomic E-state index is 12.9. The van der Waals surface area contributed by atoms with Gasteiger partial charge in [0.1, 0.15) is 12.6 Å². The van der Waals surface area contributed by atoms with E-state index in [4.69, 9.17) is 9.47 Å². The average molecular weight is 352 g/mol. The number of ether oxygens (including phenoxy) is 2. The number of benzene rings is 2. The van der Waals surface area contributed by atoms with Crippen molar-refractivity contribution in [3.05, 3.63) is 71.8 Å². The molecule has 1 N–H and O–H groups in total. The maximum Gasteiger partial charge on any atom is 0.411 e. The first-order valence-corrected chi connectivity index (χ1v) is 8.66. The van der Waals surface area contributed by atoms with E-state index in [1.165, 1.54) is 4.90 Å². The number of rotatable bonds is 3. The second kappa shape index (κ2) is 6.80. The molecular weight excluding hydrogens is 332 g/mol. The van der Waals surface area contributed by atoms with E-state index in [9.17, 15) is 9.59 Å². The predicted molar refractivity (Wildman–Crippen MR) is 94.0 cm³/mol. The van der Waals surface area contributed by atoms with Crippen LogP contribution in [0.15, 0.2) is 60.7 Å². The highest BCUT2D eigenvalue weighted by molar-refractivity contribution is 5.88. The first kappa shape index (κ1) is 16.6. The summed E-state index contributed by atoms with van der Waals surface area (Å²) in [5.74, 6) is -0.239. The van der Waals surface area contributed by atoms with Gasteiger partial charge in [0.15, 0.2) is 6.23 Å². The van der Waals surface area contributed by atoms with E-state index in [1.807, 2.05) is 67.6 Å². The van der Waals surface area contributed by atoms with Crippen LogP contribution in [0, 0.1) is 0 Å². The molecule has 2 fully saturated rings. The van der Waals surface area contributed by atoms with Gasteiger partial charge in [0, 0.05) is 5.56 Å². The van der Waals surface area contributed by atoms with E-state index in [1.54, 1.807) is 0 Å². The van der Waals surface area contributed by atoms with E-state index in [0.717, 1.165) is 11.1 Å². The van der Waals surface area contributed by atoms with Gasteiger partial charge in [-0.05, 0) is 12.5 Å². The number of carbonyl (C=O) groups excluding carboxylic acids is 2. The third-order valence-corrected chi connectivity index (χ3v) is 4.83. The molecule has 2 heterocycles. The number of carbonyl (C=O) groups is 2. The van der Waals surface area contributed by atoms with E-state index in [2.05, 4.69) is 5.32 Å². The zero-order chi connectivity index (χ0) is 18.1. The van der Waals surface area contributed by atoms with Crippen LogP contribution in [0.1, 0.15) is 30.3 Å². The fraction of sp³-hybridized carbons (Fsp3) is 0.300. The van der Waals surface area contributed by atoms with Gasteiger partial charge >= 0.3 is 6.09 Å². The molecular formula is C20H20N2O4. The number of hydrogen-bond donors (Lipinski definition) is 1. The Hall–Kier alpha value is -2.86. The molecule has 0 aromatic heterocycles. The van der Waals surface area contributed by atoms with Crippen LogP contribution in [0.4, 0.5) is 4.79 Å². The van der Waals surface area contributed by atoms with Gasteiger partial charge in [0.25, 0.3) is 0 Å². The Morgan fingerprint density at radius 1 is 0.962 bits per heavy atom. The van der Waals surface area contributed by atoms with Crippen molar-refractivity contribution in [2.75, 3.05) is 6.61 Å². The quantitative estimate of drug-likeness (QED) is 0.922. The molecule has 4 atom stereocenters. The molecule has 4 rings (SSSR count). The van der Waals surface area contributed by atoms with Gasteiger partial charge in [-0.1, -0.05) is 60.7 Å².